The van der Waals surface area contributed by atoms with Crippen LogP contribution in [0.1, 0.15) is 31.2 Å². The van der Waals surface area contributed by atoms with E-state index in [0.29, 0.717) is 6.42 Å². The molecule has 4 atom stereocenters. The van der Waals surface area contributed by atoms with Gasteiger partial charge in [0.2, 0.25) is 23.6 Å². The van der Waals surface area contributed by atoms with Crippen molar-refractivity contribution in [3.8, 4) is 0 Å². The summed E-state index contributed by atoms with van der Waals surface area (Å²) in [5.74, 6) is -6.13. The lowest BCUT2D eigenvalue weighted by molar-refractivity contribution is -0.148. The van der Waals surface area contributed by atoms with Crippen LogP contribution in [0, 0.1) is 0 Å². The second-order valence-electron chi connectivity index (χ2n) is 8.21. The number of nitrogens with zero attached hydrogens (tertiary/aromatic N) is 1. The molecule has 35 heavy (non-hydrogen) atoms. The molecule has 4 amide bonds. The number of nitrogens with one attached hydrogen (secondary N) is 2. The highest BCUT2D eigenvalue weighted by molar-refractivity contribution is 5.96. The number of likely N-dealkylation sites (tertiary alicyclic amines) is 1. The molecule has 0 spiro atoms. The first kappa shape index (κ1) is 27.2. The summed E-state index contributed by atoms with van der Waals surface area (Å²) in [7, 11) is 0. The van der Waals surface area contributed by atoms with Gasteiger partial charge in [-0.1, -0.05) is 30.3 Å². The van der Waals surface area contributed by atoms with E-state index in [4.69, 9.17) is 21.7 Å². The van der Waals surface area contributed by atoms with E-state index in [2.05, 4.69) is 10.6 Å². The highest BCUT2D eigenvalue weighted by atomic mass is 16.4. The molecule has 8 N–H and O–H groups in total. The molecule has 1 saturated heterocycles. The topological polar surface area (TPSA) is 222 Å². The number of benzene rings is 1. The zero-order valence-electron chi connectivity index (χ0n) is 18.9. The maximum Gasteiger partial charge on any atom is 0.326 e. The fourth-order valence-corrected chi connectivity index (χ4v) is 3.79. The molecule has 0 radical (unpaired) electrons. The number of nitrogens with two attached hydrogens (primary N) is 2. The predicted octanol–water partition coefficient (Wildman–Crippen LogP) is -2.05. The monoisotopic (exact) mass is 491 g/mol. The summed E-state index contributed by atoms with van der Waals surface area (Å²) in [6.07, 6.45) is -0.627. The van der Waals surface area contributed by atoms with Gasteiger partial charge in [-0.05, 0) is 24.8 Å². The van der Waals surface area contributed by atoms with Gasteiger partial charge in [-0.15, -0.1) is 0 Å². The fourth-order valence-electron chi connectivity index (χ4n) is 3.79. The van der Waals surface area contributed by atoms with Crippen molar-refractivity contribution < 1.29 is 39.0 Å². The van der Waals surface area contributed by atoms with Gasteiger partial charge in [0.25, 0.3) is 0 Å². The molecule has 2 rings (SSSR count). The molecule has 13 heteroatoms. The van der Waals surface area contributed by atoms with Crippen molar-refractivity contribution in [2.75, 3.05) is 6.54 Å². The number of carboxylic acids is 2. The van der Waals surface area contributed by atoms with Crippen LogP contribution in [-0.4, -0.2) is 81.4 Å². The summed E-state index contributed by atoms with van der Waals surface area (Å²) >= 11 is 0. The van der Waals surface area contributed by atoms with Gasteiger partial charge >= 0.3 is 11.9 Å². The number of primary amides is 1. The second kappa shape index (κ2) is 12.5. The van der Waals surface area contributed by atoms with Gasteiger partial charge in [0.05, 0.1) is 18.9 Å². The fraction of sp³-hybridized carbons (Fsp3) is 0.455. The molecule has 0 bridgehead atoms. The summed E-state index contributed by atoms with van der Waals surface area (Å²) in [5.41, 5.74) is 12.0. The van der Waals surface area contributed by atoms with Crippen LogP contribution in [0.2, 0.25) is 0 Å². The number of carbonyl (C=O) groups excluding carboxylic acids is 4. The van der Waals surface area contributed by atoms with Crippen LogP contribution in [0.5, 0.6) is 0 Å². The van der Waals surface area contributed by atoms with Crippen LogP contribution in [0.25, 0.3) is 0 Å². The number of rotatable bonds is 12. The van der Waals surface area contributed by atoms with Crippen LogP contribution in [0.3, 0.4) is 0 Å². The molecule has 1 heterocycles. The van der Waals surface area contributed by atoms with Crippen molar-refractivity contribution in [2.24, 2.45) is 11.5 Å². The van der Waals surface area contributed by atoms with Crippen LogP contribution < -0.4 is 22.1 Å². The normalized spacial score (nSPS) is 17.6. The van der Waals surface area contributed by atoms with Gasteiger partial charge in [0, 0.05) is 6.54 Å². The highest BCUT2D eigenvalue weighted by Crippen LogP contribution is 2.20. The number of aliphatic carboxylic acids is 2. The van der Waals surface area contributed by atoms with E-state index in [9.17, 15) is 28.8 Å². The minimum Gasteiger partial charge on any atom is -0.481 e. The first-order chi connectivity index (χ1) is 16.5. The Labute approximate surface area is 200 Å². The quantitative estimate of drug-likeness (QED) is 0.189. The van der Waals surface area contributed by atoms with Crippen molar-refractivity contribution in [3.63, 3.8) is 0 Å². The summed E-state index contributed by atoms with van der Waals surface area (Å²) in [6, 6.07) is 3.72. The lowest BCUT2D eigenvalue weighted by Gasteiger charge is -2.29. The average molecular weight is 492 g/mol. The zero-order chi connectivity index (χ0) is 26.1. The number of hydrogen-bond acceptors (Lipinski definition) is 7. The molecule has 13 nitrogen and oxygen atoms in total. The number of carbonyl (C=O) groups is 6. The maximum absolute atomic E-state index is 13.2. The van der Waals surface area contributed by atoms with E-state index < -0.39 is 72.6 Å². The van der Waals surface area contributed by atoms with Crippen molar-refractivity contribution >= 4 is 35.6 Å². The van der Waals surface area contributed by atoms with Gasteiger partial charge in [-0.25, -0.2) is 4.79 Å². The lowest BCUT2D eigenvalue weighted by Crippen LogP contribution is -2.57. The summed E-state index contributed by atoms with van der Waals surface area (Å²) in [6.45, 7) is 0.106. The molecule has 0 aliphatic carbocycles. The zero-order valence-corrected chi connectivity index (χ0v) is 18.9. The largest absolute Gasteiger partial charge is 0.481 e. The lowest BCUT2D eigenvalue weighted by atomic mass is 10.0. The summed E-state index contributed by atoms with van der Waals surface area (Å²) in [4.78, 5) is 73.3. The van der Waals surface area contributed by atoms with E-state index >= 15 is 0 Å². The van der Waals surface area contributed by atoms with E-state index in [1.807, 2.05) is 0 Å². The average Bonchev–Trinajstić information content (AvgIpc) is 3.27. The minimum absolute atomic E-state index is 0.106. The van der Waals surface area contributed by atoms with Crippen molar-refractivity contribution in [3.05, 3.63) is 35.9 Å². The number of hydrogen-bond donors (Lipinski definition) is 6. The molecular formula is C22H29N5O8. The standard InChI is InChI=1S/C22H29N5O8/c23-13(9-12-5-2-1-3-6-12)19(31)25-14(10-17(24)28)21(33)27-8-4-7-16(27)20(32)26-15(22(34)35)11-18(29)30/h1-3,5-6,13-16H,4,7-11,23H2,(H2,24,28)(H,25,31)(H,26,32)(H,29,30)(H,34,35). The van der Waals surface area contributed by atoms with Crippen molar-refractivity contribution in [1.82, 2.24) is 15.5 Å². The third-order valence-corrected chi connectivity index (χ3v) is 5.49. The molecule has 0 aromatic heterocycles. The first-order valence-corrected chi connectivity index (χ1v) is 10.9. The van der Waals surface area contributed by atoms with Crippen molar-refractivity contribution in [1.29, 1.82) is 0 Å². The number of amides is 4. The third-order valence-electron chi connectivity index (χ3n) is 5.49. The van der Waals surface area contributed by atoms with Crippen LogP contribution in [0.15, 0.2) is 30.3 Å². The van der Waals surface area contributed by atoms with Gasteiger partial charge in [-0.3, -0.25) is 24.0 Å². The van der Waals surface area contributed by atoms with E-state index in [1.54, 1.807) is 30.3 Å². The molecule has 1 aromatic rings. The van der Waals surface area contributed by atoms with Gasteiger partial charge in [-0.2, -0.15) is 0 Å². The van der Waals surface area contributed by atoms with Gasteiger partial charge in [0.15, 0.2) is 0 Å². The van der Waals surface area contributed by atoms with E-state index in [-0.39, 0.29) is 19.4 Å². The Morgan fingerprint density at radius 1 is 1.00 bits per heavy atom. The number of carboxylic acid groups (broad SMARTS) is 2. The minimum atomic E-state index is -1.69. The summed E-state index contributed by atoms with van der Waals surface area (Å²) in [5, 5.41) is 22.6. The molecule has 1 aliphatic heterocycles. The van der Waals surface area contributed by atoms with E-state index in [0.717, 1.165) is 10.5 Å². The Morgan fingerprint density at radius 2 is 1.66 bits per heavy atom. The Balaban J connectivity index is 2.11. The van der Waals surface area contributed by atoms with Crippen LogP contribution >= 0.6 is 0 Å². The molecule has 1 fully saturated rings. The van der Waals surface area contributed by atoms with Crippen molar-refractivity contribution in [2.45, 2.75) is 56.3 Å². The Bertz CT molecular complexity index is 970. The summed E-state index contributed by atoms with van der Waals surface area (Å²) < 4.78 is 0. The Kier molecular flexibility index (Phi) is 9.70. The maximum atomic E-state index is 13.2. The highest BCUT2D eigenvalue weighted by Gasteiger charge is 2.39. The Morgan fingerprint density at radius 3 is 2.23 bits per heavy atom. The van der Waals surface area contributed by atoms with Crippen LogP contribution in [-0.2, 0) is 35.2 Å². The smallest absolute Gasteiger partial charge is 0.326 e. The first-order valence-electron chi connectivity index (χ1n) is 10.9. The van der Waals surface area contributed by atoms with Gasteiger partial charge < -0.3 is 37.2 Å². The molecule has 0 saturated carbocycles. The molecule has 190 valence electrons. The molecule has 4 unspecified atom stereocenters. The predicted molar refractivity (Wildman–Crippen MR) is 120 cm³/mol. The Hall–Kier alpha value is -4.00. The SMILES string of the molecule is NC(=O)CC(NC(=O)C(N)Cc1ccccc1)C(=O)N1CCCC1C(=O)NC(CC(=O)O)C(=O)O. The second-order valence-corrected chi connectivity index (χ2v) is 8.21. The van der Waals surface area contributed by atoms with Crippen LogP contribution in [0.4, 0.5) is 0 Å². The van der Waals surface area contributed by atoms with E-state index in [1.165, 1.54) is 0 Å². The molecule has 1 aromatic carbocycles. The van der Waals surface area contributed by atoms with Gasteiger partial charge in [0.1, 0.15) is 18.1 Å². The molecular weight excluding hydrogens is 462 g/mol. The third kappa shape index (κ3) is 8.07. The molecule has 1 aliphatic rings.